The van der Waals surface area contributed by atoms with E-state index >= 15 is 0 Å². The monoisotopic (exact) mass is 251 g/mol. The van der Waals surface area contributed by atoms with Crippen molar-refractivity contribution in [3.05, 3.63) is 28.8 Å². The van der Waals surface area contributed by atoms with Gasteiger partial charge in [-0.25, -0.2) is 9.78 Å². The molecule has 0 amide bonds. The van der Waals surface area contributed by atoms with Gasteiger partial charge in [0.15, 0.2) is 0 Å². The van der Waals surface area contributed by atoms with Crippen molar-refractivity contribution < 1.29 is 14.6 Å². The molecule has 0 aliphatic rings. The Bertz CT molecular complexity index is 536. The van der Waals surface area contributed by atoms with Crippen molar-refractivity contribution in [1.82, 2.24) is 4.98 Å². The first-order valence-corrected chi connectivity index (χ1v) is 6.23. The van der Waals surface area contributed by atoms with Crippen LogP contribution in [-0.2, 0) is 11.3 Å². The highest BCUT2D eigenvalue weighted by atomic mass is 32.1. The topological polar surface area (TPSA) is 59.4 Å². The van der Waals surface area contributed by atoms with E-state index in [4.69, 9.17) is 9.84 Å². The molecule has 90 valence electrons. The van der Waals surface area contributed by atoms with Crippen LogP contribution < -0.4 is 0 Å². The van der Waals surface area contributed by atoms with Crippen LogP contribution in [-0.4, -0.2) is 22.7 Å². The summed E-state index contributed by atoms with van der Waals surface area (Å²) in [5, 5.41) is 9.77. The summed E-state index contributed by atoms with van der Waals surface area (Å²) in [5.41, 5.74) is 1.12. The number of nitrogens with zero attached hydrogens (tertiary/aromatic N) is 1. The van der Waals surface area contributed by atoms with Crippen LogP contribution >= 0.6 is 11.3 Å². The zero-order chi connectivity index (χ0) is 12.3. The van der Waals surface area contributed by atoms with Crippen molar-refractivity contribution in [2.24, 2.45) is 0 Å². The Morgan fingerprint density at radius 2 is 2.35 bits per heavy atom. The van der Waals surface area contributed by atoms with Crippen LogP contribution in [0.3, 0.4) is 0 Å². The lowest BCUT2D eigenvalue weighted by Gasteiger charge is -1.96. The summed E-state index contributed by atoms with van der Waals surface area (Å²) < 4.78 is 6.30. The van der Waals surface area contributed by atoms with Gasteiger partial charge < -0.3 is 9.84 Å². The maximum atomic E-state index is 10.8. The van der Waals surface area contributed by atoms with Gasteiger partial charge in [0.05, 0.1) is 22.4 Å². The minimum absolute atomic E-state index is 0.294. The van der Waals surface area contributed by atoms with Crippen molar-refractivity contribution in [2.75, 3.05) is 6.61 Å². The third-order valence-electron chi connectivity index (χ3n) is 2.25. The highest BCUT2D eigenvalue weighted by molar-refractivity contribution is 7.18. The predicted octanol–water partition coefficient (Wildman–Crippen LogP) is 2.92. The second-order valence-corrected chi connectivity index (χ2v) is 4.76. The van der Waals surface area contributed by atoms with Gasteiger partial charge in [-0.3, -0.25) is 0 Å². The Morgan fingerprint density at radius 3 is 3.06 bits per heavy atom. The molecule has 1 aromatic carbocycles. The first kappa shape index (κ1) is 12.0. The van der Waals surface area contributed by atoms with E-state index in [1.165, 1.54) is 11.3 Å². The van der Waals surface area contributed by atoms with Crippen molar-refractivity contribution >= 4 is 27.5 Å². The molecule has 1 heterocycles. The van der Waals surface area contributed by atoms with Crippen LogP contribution in [0.15, 0.2) is 18.2 Å². The highest BCUT2D eigenvalue weighted by Crippen LogP contribution is 2.23. The summed E-state index contributed by atoms with van der Waals surface area (Å²) in [6, 6.07) is 4.96. The summed E-state index contributed by atoms with van der Waals surface area (Å²) in [6.07, 6.45) is 0.980. The van der Waals surface area contributed by atoms with Crippen molar-refractivity contribution in [2.45, 2.75) is 20.0 Å². The average molecular weight is 251 g/mol. The van der Waals surface area contributed by atoms with Gasteiger partial charge in [-0.2, -0.15) is 0 Å². The Labute approximate surface area is 103 Å². The number of thiazole rings is 1. The Kier molecular flexibility index (Phi) is 3.71. The molecular weight excluding hydrogens is 238 g/mol. The Hall–Kier alpha value is -1.46. The van der Waals surface area contributed by atoms with Gasteiger partial charge in [0, 0.05) is 6.61 Å². The molecule has 0 aliphatic heterocycles. The van der Waals surface area contributed by atoms with E-state index in [2.05, 4.69) is 11.9 Å². The van der Waals surface area contributed by atoms with E-state index in [1.54, 1.807) is 18.2 Å². The minimum atomic E-state index is -0.913. The summed E-state index contributed by atoms with van der Waals surface area (Å²) in [4.78, 5) is 15.2. The van der Waals surface area contributed by atoms with Gasteiger partial charge in [-0.05, 0) is 24.6 Å². The van der Waals surface area contributed by atoms with Crippen LogP contribution in [0.5, 0.6) is 0 Å². The fourth-order valence-corrected chi connectivity index (χ4v) is 2.42. The number of hydrogen-bond acceptors (Lipinski definition) is 4. The number of ether oxygens (including phenoxy) is 1. The maximum absolute atomic E-state index is 10.8. The van der Waals surface area contributed by atoms with E-state index in [0.717, 1.165) is 28.3 Å². The number of carbonyl (C=O) groups is 1. The molecule has 0 unspecified atom stereocenters. The number of fused-ring (bicyclic) bond motifs is 1. The maximum Gasteiger partial charge on any atom is 0.335 e. The lowest BCUT2D eigenvalue weighted by Crippen LogP contribution is -1.94. The van der Waals surface area contributed by atoms with E-state index in [1.807, 2.05) is 0 Å². The molecule has 0 bridgehead atoms. The molecule has 0 spiro atoms. The quantitative estimate of drug-likeness (QED) is 0.830. The van der Waals surface area contributed by atoms with Gasteiger partial charge in [0.1, 0.15) is 5.01 Å². The molecule has 0 saturated heterocycles. The molecule has 2 aromatic rings. The summed E-state index contributed by atoms with van der Waals surface area (Å²) in [7, 11) is 0. The Balaban J connectivity index is 2.21. The molecule has 0 aliphatic carbocycles. The van der Waals surface area contributed by atoms with Gasteiger partial charge >= 0.3 is 5.97 Å². The Morgan fingerprint density at radius 1 is 1.53 bits per heavy atom. The van der Waals surface area contributed by atoms with Crippen molar-refractivity contribution in [3.63, 3.8) is 0 Å². The van der Waals surface area contributed by atoms with Crippen LogP contribution in [0.1, 0.15) is 28.7 Å². The van der Waals surface area contributed by atoms with Crippen LogP contribution in [0.25, 0.3) is 10.2 Å². The molecule has 0 fully saturated rings. The van der Waals surface area contributed by atoms with E-state index in [-0.39, 0.29) is 0 Å². The first-order valence-electron chi connectivity index (χ1n) is 5.41. The first-order chi connectivity index (χ1) is 8.20. The average Bonchev–Trinajstić information content (AvgIpc) is 2.70. The molecule has 0 atom stereocenters. The summed E-state index contributed by atoms with van der Waals surface area (Å²) >= 11 is 1.48. The highest BCUT2D eigenvalue weighted by Gasteiger charge is 2.08. The normalized spacial score (nSPS) is 10.9. The van der Waals surface area contributed by atoms with Crippen molar-refractivity contribution in [1.29, 1.82) is 0 Å². The molecule has 2 rings (SSSR count). The fourth-order valence-electron chi connectivity index (χ4n) is 1.47. The van der Waals surface area contributed by atoms with Crippen LogP contribution in [0.2, 0.25) is 0 Å². The molecule has 5 heteroatoms. The third-order valence-corrected chi connectivity index (χ3v) is 3.25. The molecule has 0 radical (unpaired) electrons. The smallest absolute Gasteiger partial charge is 0.335 e. The number of benzene rings is 1. The second kappa shape index (κ2) is 5.25. The lowest BCUT2D eigenvalue weighted by molar-refractivity contribution is 0.0697. The third kappa shape index (κ3) is 2.81. The molecule has 4 nitrogen and oxygen atoms in total. The van der Waals surface area contributed by atoms with Gasteiger partial charge in [-0.1, -0.05) is 6.92 Å². The molecular formula is C12H13NO3S. The van der Waals surface area contributed by atoms with Crippen LogP contribution in [0.4, 0.5) is 0 Å². The number of hydrogen-bond donors (Lipinski definition) is 1. The standard InChI is InChI=1S/C12H13NO3S/c1-2-5-16-7-11-13-9-4-3-8(12(14)15)6-10(9)17-11/h3-4,6H,2,5,7H2,1H3,(H,14,15). The van der Waals surface area contributed by atoms with E-state index in [0.29, 0.717) is 12.2 Å². The predicted molar refractivity (Wildman–Crippen MR) is 66.5 cm³/mol. The fraction of sp³-hybridized carbons (Fsp3) is 0.333. The number of rotatable bonds is 5. The molecule has 1 N–H and O–H groups in total. The summed E-state index contributed by atoms with van der Waals surface area (Å²) in [6.45, 7) is 3.27. The van der Waals surface area contributed by atoms with Crippen LogP contribution in [0, 0.1) is 0 Å². The SMILES string of the molecule is CCCOCc1nc2ccc(C(=O)O)cc2s1. The van der Waals surface area contributed by atoms with Gasteiger partial charge in [-0.15, -0.1) is 11.3 Å². The molecule has 1 aromatic heterocycles. The number of aromatic nitrogens is 1. The molecule has 17 heavy (non-hydrogen) atoms. The van der Waals surface area contributed by atoms with E-state index in [9.17, 15) is 4.79 Å². The van der Waals surface area contributed by atoms with Crippen molar-refractivity contribution in [3.8, 4) is 0 Å². The largest absolute Gasteiger partial charge is 0.478 e. The van der Waals surface area contributed by atoms with Gasteiger partial charge in [0.2, 0.25) is 0 Å². The zero-order valence-electron chi connectivity index (χ0n) is 9.47. The lowest BCUT2D eigenvalue weighted by atomic mass is 10.2. The number of aromatic carboxylic acids is 1. The van der Waals surface area contributed by atoms with E-state index < -0.39 is 5.97 Å². The summed E-state index contributed by atoms with van der Waals surface area (Å²) in [5.74, 6) is -0.913. The molecule has 0 saturated carbocycles. The number of carboxylic acids is 1. The number of carboxylic acid groups (broad SMARTS) is 1. The minimum Gasteiger partial charge on any atom is -0.478 e. The zero-order valence-corrected chi connectivity index (χ0v) is 10.3. The second-order valence-electron chi connectivity index (χ2n) is 3.65. The van der Waals surface area contributed by atoms with Gasteiger partial charge in [0.25, 0.3) is 0 Å².